The van der Waals surface area contributed by atoms with Crippen LogP contribution in [0.25, 0.3) is 0 Å². The number of anilines is 1. The number of alkyl halides is 3. The second kappa shape index (κ2) is 5.23. The van der Waals surface area contributed by atoms with Crippen LogP contribution in [0.4, 0.5) is 19.0 Å². The minimum Gasteiger partial charge on any atom is -0.380 e. The van der Waals surface area contributed by atoms with Crippen LogP contribution in [0.2, 0.25) is 0 Å². The van der Waals surface area contributed by atoms with E-state index in [9.17, 15) is 18.0 Å². The Bertz CT molecular complexity index is 491. The quantitative estimate of drug-likeness (QED) is 0.880. The first-order valence-electron chi connectivity index (χ1n) is 5.82. The lowest BCUT2D eigenvalue weighted by atomic mass is 10.2. The summed E-state index contributed by atoms with van der Waals surface area (Å²) in [6, 6.07) is 1.33. The molecule has 2 heterocycles. The number of halogens is 3. The van der Waals surface area contributed by atoms with Crippen LogP contribution >= 0.6 is 0 Å². The van der Waals surface area contributed by atoms with Crippen LogP contribution in [0, 0.1) is 0 Å². The number of hydrogen-bond acceptors (Lipinski definition) is 5. The molecule has 0 saturated carbocycles. The first kappa shape index (κ1) is 14.5. The largest absolute Gasteiger partial charge is 0.435 e. The van der Waals surface area contributed by atoms with Crippen molar-refractivity contribution in [1.29, 1.82) is 0 Å². The SMILES string of the molecule is CO[C@H]1C[C@@H](C(N)=O)N(c2ccc(C(F)(F)F)nn2)C1. The molecule has 0 spiro atoms. The Morgan fingerprint density at radius 2 is 2.15 bits per heavy atom. The molecule has 0 bridgehead atoms. The highest BCUT2D eigenvalue weighted by Crippen LogP contribution is 2.29. The van der Waals surface area contributed by atoms with Crippen LogP contribution in [0.5, 0.6) is 0 Å². The molecule has 0 unspecified atom stereocenters. The summed E-state index contributed by atoms with van der Waals surface area (Å²) in [5, 5.41) is 6.65. The van der Waals surface area contributed by atoms with Gasteiger partial charge in [0.2, 0.25) is 5.91 Å². The molecule has 1 amide bonds. The van der Waals surface area contributed by atoms with E-state index < -0.39 is 23.8 Å². The average Bonchev–Trinajstić information content (AvgIpc) is 2.82. The van der Waals surface area contributed by atoms with E-state index in [1.807, 2.05) is 0 Å². The van der Waals surface area contributed by atoms with Gasteiger partial charge in [-0.05, 0) is 12.1 Å². The molecule has 1 aliphatic rings. The van der Waals surface area contributed by atoms with Gasteiger partial charge < -0.3 is 15.4 Å². The molecule has 1 aromatic heterocycles. The summed E-state index contributed by atoms with van der Waals surface area (Å²) >= 11 is 0. The summed E-state index contributed by atoms with van der Waals surface area (Å²) < 4.78 is 42.4. The molecule has 2 rings (SSSR count). The second-order valence-electron chi connectivity index (χ2n) is 4.44. The highest BCUT2D eigenvalue weighted by Gasteiger charge is 2.38. The van der Waals surface area contributed by atoms with Crippen molar-refractivity contribution in [2.75, 3.05) is 18.6 Å². The molecule has 1 aliphatic heterocycles. The highest BCUT2D eigenvalue weighted by molar-refractivity contribution is 5.84. The number of primary amides is 1. The number of ether oxygens (including phenoxy) is 1. The first-order chi connectivity index (χ1) is 9.32. The van der Waals surface area contributed by atoms with E-state index in [4.69, 9.17) is 10.5 Å². The summed E-state index contributed by atoms with van der Waals surface area (Å²) in [5.74, 6) is -0.410. The minimum atomic E-state index is -4.55. The highest BCUT2D eigenvalue weighted by atomic mass is 19.4. The molecule has 2 atom stereocenters. The van der Waals surface area contributed by atoms with Crippen molar-refractivity contribution in [2.45, 2.75) is 24.7 Å². The summed E-state index contributed by atoms with van der Waals surface area (Å²) in [6.45, 7) is 0.324. The van der Waals surface area contributed by atoms with Gasteiger partial charge in [0, 0.05) is 20.1 Å². The topological polar surface area (TPSA) is 81.3 Å². The third-order valence-corrected chi connectivity index (χ3v) is 3.16. The van der Waals surface area contributed by atoms with Crippen LogP contribution in [-0.2, 0) is 15.7 Å². The Labute approximate surface area is 112 Å². The Morgan fingerprint density at radius 3 is 2.60 bits per heavy atom. The van der Waals surface area contributed by atoms with Crippen LogP contribution in [-0.4, -0.2) is 41.9 Å². The maximum absolute atomic E-state index is 12.4. The zero-order valence-corrected chi connectivity index (χ0v) is 10.6. The summed E-state index contributed by atoms with van der Waals surface area (Å²) in [7, 11) is 1.49. The van der Waals surface area contributed by atoms with E-state index in [0.717, 1.165) is 6.07 Å². The van der Waals surface area contributed by atoms with E-state index in [0.29, 0.717) is 13.0 Å². The van der Waals surface area contributed by atoms with Gasteiger partial charge in [-0.1, -0.05) is 0 Å². The monoisotopic (exact) mass is 290 g/mol. The van der Waals surface area contributed by atoms with Crippen molar-refractivity contribution < 1.29 is 22.7 Å². The van der Waals surface area contributed by atoms with Gasteiger partial charge in [0.1, 0.15) is 6.04 Å². The minimum absolute atomic E-state index is 0.168. The molecule has 2 N–H and O–H groups in total. The Kier molecular flexibility index (Phi) is 3.80. The van der Waals surface area contributed by atoms with E-state index in [1.54, 1.807) is 0 Å². The van der Waals surface area contributed by atoms with Crippen molar-refractivity contribution in [2.24, 2.45) is 5.73 Å². The maximum Gasteiger partial charge on any atom is 0.435 e. The van der Waals surface area contributed by atoms with Gasteiger partial charge in [-0.25, -0.2) is 0 Å². The fraction of sp³-hybridized carbons (Fsp3) is 0.545. The molecule has 110 valence electrons. The van der Waals surface area contributed by atoms with E-state index >= 15 is 0 Å². The van der Waals surface area contributed by atoms with Gasteiger partial charge in [-0.3, -0.25) is 4.79 Å². The zero-order chi connectivity index (χ0) is 14.9. The van der Waals surface area contributed by atoms with Gasteiger partial charge in [0.05, 0.1) is 6.10 Å². The molecule has 0 radical (unpaired) electrons. The zero-order valence-electron chi connectivity index (χ0n) is 10.6. The Hall–Kier alpha value is -1.90. The van der Waals surface area contributed by atoms with Gasteiger partial charge in [0.15, 0.2) is 11.5 Å². The third kappa shape index (κ3) is 2.82. The number of methoxy groups -OCH3 is 1. The fourth-order valence-electron chi connectivity index (χ4n) is 2.12. The number of nitrogens with zero attached hydrogens (tertiary/aromatic N) is 3. The molecular formula is C11H13F3N4O2. The summed E-state index contributed by atoms with van der Waals surface area (Å²) in [4.78, 5) is 12.9. The van der Waals surface area contributed by atoms with Gasteiger partial charge in [-0.15, -0.1) is 10.2 Å². The molecule has 9 heteroatoms. The number of carbonyl (C=O) groups is 1. The van der Waals surface area contributed by atoms with Crippen LogP contribution in [0.1, 0.15) is 12.1 Å². The molecule has 1 saturated heterocycles. The van der Waals surface area contributed by atoms with Crippen molar-refractivity contribution >= 4 is 11.7 Å². The van der Waals surface area contributed by atoms with E-state index in [-0.39, 0.29) is 11.9 Å². The first-order valence-corrected chi connectivity index (χ1v) is 5.82. The van der Waals surface area contributed by atoms with Crippen LogP contribution in [0.3, 0.4) is 0 Å². The van der Waals surface area contributed by atoms with Gasteiger partial charge in [0.25, 0.3) is 0 Å². The third-order valence-electron chi connectivity index (χ3n) is 3.16. The lowest BCUT2D eigenvalue weighted by molar-refractivity contribution is -0.141. The average molecular weight is 290 g/mol. The Morgan fingerprint density at radius 1 is 1.45 bits per heavy atom. The summed E-state index contributed by atoms with van der Waals surface area (Å²) in [6.07, 6.45) is -4.40. The van der Waals surface area contributed by atoms with Crippen LogP contribution < -0.4 is 10.6 Å². The molecular weight excluding hydrogens is 277 g/mol. The van der Waals surface area contributed by atoms with E-state index in [2.05, 4.69) is 10.2 Å². The molecule has 20 heavy (non-hydrogen) atoms. The number of rotatable bonds is 3. The van der Waals surface area contributed by atoms with E-state index in [1.165, 1.54) is 18.1 Å². The molecule has 1 fully saturated rings. The van der Waals surface area contributed by atoms with Crippen molar-refractivity contribution in [1.82, 2.24) is 10.2 Å². The van der Waals surface area contributed by atoms with Crippen molar-refractivity contribution in [3.63, 3.8) is 0 Å². The fourth-order valence-corrected chi connectivity index (χ4v) is 2.12. The summed E-state index contributed by atoms with van der Waals surface area (Å²) in [5.41, 5.74) is 4.19. The molecule has 0 aromatic carbocycles. The lowest BCUT2D eigenvalue weighted by Crippen LogP contribution is -2.40. The van der Waals surface area contributed by atoms with Gasteiger partial charge in [-0.2, -0.15) is 13.2 Å². The maximum atomic E-state index is 12.4. The standard InChI is InChI=1S/C11H13F3N4O2/c1-20-6-4-7(10(15)19)18(5-6)9-3-2-8(16-17-9)11(12,13)14/h2-3,6-7H,4-5H2,1H3,(H2,15,19)/t6-,7-/m0/s1. The smallest absolute Gasteiger partial charge is 0.380 e. The van der Waals surface area contributed by atoms with Crippen LogP contribution in [0.15, 0.2) is 12.1 Å². The number of hydrogen-bond donors (Lipinski definition) is 1. The second-order valence-corrected chi connectivity index (χ2v) is 4.44. The lowest BCUT2D eigenvalue weighted by Gasteiger charge is -2.22. The number of amides is 1. The van der Waals surface area contributed by atoms with Crippen molar-refractivity contribution in [3.8, 4) is 0 Å². The number of nitrogens with two attached hydrogens (primary N) is 1. The number of carbonyl (C=O) groups excluding carboxylic acids is 1. The molecule has 0 aliphatic carbocycles. The predicted molar refractivity (Wildman–Crippen MR) is 62.8 cm³/mol. The Balaban J connectivity index is 2.23. The predicted octanol–water partition coefficient (Wildman–Crippen LogP) is 0.574. The van der Waals surface area contributed by atoms with Crippen molar-refractivity contribution in [3.05, 3.63) is 17.8 Å². The van der Waals surface area contributed by atoms with Gasteiger partial charge >= 0.3 is 6.18 Å². The number of aromatic nitrogens is 2. The molecule has 1 aromatic rings. The normalized spacial score (nSPS) is 23.1. The molecule has 6 nitrogen and oxygen atoms in total.